The minimum Gasteiger partial charge on any atom is -0.270 e. The van der Waals surface area contributed by atoms with Gasteiger partial charge in [-0.05, 0) is 10.7 Å². The van der Waals surface area contributed by atoms with Crippen LogP contribution in [-0.4, -0.2) is 26.9 Å². The van der Waals surface area contributed by atoms with Gasteiger partial charge in [-0.3, -0.25) is 4.99 Å². The molecule has 86 valence electrons. The topological polar surface area (TPSA) is 47.2 Å². The Morgan fingerprint density at radius 1 is 1.75 bits per heavy atom. The van der Waals surface area contributed by atoms with Crippen LogP contribution in [0.4, 0.5) is 0 Å². The third-order valence-electron chi connectivity index (χ3n) is 1.67. The Balaban J connectivity index is 3.06. The van der Waals surface area contributed by atoms with E-state index in [2.05, 4.69) is 16.7 Å². The van der Waals surface area contributed by atoms with Crippen molar-refractivity contribution in [1.29, 1.82) is 0 Å². The molecule has 1 atom stereocenters. The third kappa shape index (κ3) is 3.30. The van der Waals surface area contributed by atoms with E-state index in [1.54, 1.807) is 13.1 Å². The van der Waals surface area contributed by atoms with Crippen molar-refractivity contribution in [2.24, 2.45) is 4.99 Å². The Hall–Kier alpha value is -0.910. The van der Waals surface area contributed by atoms with Gasteiger partial charge < -0.3 is 0 Å². The van der Waals surface area contributed by atoms with E-state index in [1.807, 2.05) is 0 Å². The van der Waals surface area contributed by atoms with Crippen LogP contribution in [0.2, 0.25) is 0 Å². The lowest BCUT2D eigenvalue weighted by molar-refractivity contribution is 0.691. The minimum absolute atomic E-state index is 0.408. The molecule has 0 saturated carbocycles. The molecule has 1 unspecified atom stereocenters. The zero-order valence-electron chi connectivity index (χ0n) is 8.43. The summed E-state index contributed by atoms with van der Waals surface area (Å²) >= 11 is 5.79. The molecular weight excluding hydrogens is 269 g/mol. The molecule has 0 aliphatic heterocycles. The highest BCUT2D eigenvalue weighted by molar-refractivity contribution is 8.08. The summed E-state index contributed by atoms with van der Waals surface area (Å²) < 4.78 is 12.4. The smallest absolute Gasteiger partial charge is 0.150 e. The second kappa shape index (κ2) is 5.98. The van der Waals surface area contributed by atoms with Gasteiger partial charge in [0.25, 0.3) is 0 Å². The molecule has 0 spiro atoms. The number of aliphatic imine (C=N–C) groups is 1. The van der Waals surface area contributed by atoms with Crippen LogP contribution in [-0.2, 0) is 10.0 Å². The third-order valence-corrected chi connectivity index (χ3v) is 3.05. The van der Waals surface area contributed by atoms with Gasteiger partial charge in [-0.25, -0.2) is 8.89 Å². The van der Waals surface area contributed by atoms with E-state index in [9.17, 15) is 4.21 Å². The summed E-state index contributed by atoms with van der Waals surface area (Å²) in [7, 11) is 5.43. The van der Waals surface area contributed by atoms with E-state index in [0.29, 0.717) is 15.8 Å². The molecule has 0 radical (unpaired) electrons. The fraction of sp³-hybridized carbons (Fsp3) is 0.111. The van der Waals surface area contributed by atoms with E-state index >= 15 is 0 Å². The van der Waals surface area contributed by atoms with Gasteiger partial charge in [-0.15, -0.1) is 0 Å². The fourth-order valence-corrected chi connectivity index (χ4v) is 1.58. The molecule has 1 aromatic rings. The van der Waals surface area contributed by atoms with Crippen molar-refractivity contribution in [2.45, 2.75) is 4.90 Å². The van der Waals surface area contributed by atoms with Gasteiger partial charge in [-0.2, -0.15) is 5.10 Å². The van der Waals surface area contributed by atoms with Crippen molar-refractivity contribution in [3.63, 3.8) is 0 Å². The average molecular weight is 278 g/mol. The predicted molar refractivity (Wildman–Crippen MR) is 67.4 cm³/mol. The van der Waals surface area contributed by atoms with Crippen molar-refractivity contribution < 1.29 is 4.21 Å². The minimum atomic E-state index is -1.58. The number of halogens is 2. The lowest BCUT2D eigenvalue weighted by Crippen LogP contribution is -2.09. The average Bonchev–Trinajstić information content (AvgIpc) is 2.74. The number of hydrogen-bond acceptors (Lipinski definition) is 3. The first-order valence-corrected chi connectivity index (χ1v) is 6.53. The maximum absolute atomic E-state index is 11.0. The highest BCUT2D eigenvalue weighted by Crippen LogP contribution is 2.09. The monoisotopic (exact) mass is 277 g/mol. The Labute approximate surface area is 105 Å². The molecule has 0 bridgehead atoms. The van der Waals surface area contributed by atoms with Gasteiger partial charge in [0.05, 0.1) is 11.1 Å². The summed E-state index contributed by atoms with van der Waals surface area (Å²) in [6.07, 6.45) is 6.00. The van der Waals surface area contributed by atoms with Crippen LogP contribution in [0.1, 0.15) is 0 Å². The van der Waals surface area contributed by atoms with Gasteiger partial charge in [-0.1, -0.05) is 24.3 Å². The van der Waals surface area contributed by atoms with Gasteiger partial charge in [0.2, 0.25) is 0 Å². The Bertz CT molecular complexity index is 479. The molecule has 4 nitrogen and oxygen atoms in total. The molecule has 16 heavy (non-hydrogen) atoms. The molecule has 0 aliphatic carbocycles. The van der Waals surface area contributed by atoms with Gasteiger partial charge in [0, 0.05) is 24.4 Å². The SMILES string of the molecule is C=C/C(Cl)=C\C(=NC)n1cc(S(=O)Cl)cn1. The number of allylic oxidation sites excluding steroid dienone is 3. The molecule has 0 aromatic carbocycles. The van der Waals surface area contributed by atoms with Gasteiger partial charge in [0.15, 0.2) is 10.0 Å². The summed E-state index contributed by atoms with van der Waals surface area (Å²) in [5, 5.41) is 4.40. The normalized spacial score (nSPS) is 14.9. The fourth-order valence-electron chi connectivity index (χ4n) is 0.930. The van der Waals surface area contributed by atoms with Crippen LogP contribution in [0.3, 0.4) is 0 Å². The second-order valence-corrected chi connectivity index (χ2v) is 4.85. The number of hydrogen-bond donors (Lipinski definition) is 0. The molecule has 0 N–H and O–H groups in total. The van der Waals surface area contributed by atoms with Crippen LogP contribution < -0.4 is 0 Å². The molecule has 1 aromatic heterocycles. The first-order chi connectivity index (χ1) is 7.58. The lowest BCUT2D eigenvalue weighted by atomic mass is 10.4. The summed E-state index contributed by atoms with van der Waals surface area (Å²) in [5.41, 5.74) is 0. The van der Waals surface area contributed by atoms with Crippen molar-refractivity contribution in [1.82, 2.24) is 9.78 Å². The first kappa shape index (κ1) is 13.2. The molecule has 1 rings (SSSR count). The Morgan fingerprint density at radius 3 is 2.88 bits per heavy atom. The van der Waals surface area contributed by atoms with E-state index in [-0.39, 0.29) is 0 Å². The number of nitrogens with zero attached hydrogens (tertiary/aromatic N) is 3. The van der Waals surface area contributed by atoms with E-state index in [4.69, 9.17) is 22.3 Å². The van der Waals surface area contributed by atoms with Crippen LogP contribution in [0.15, 0.2) is 46.0 Å². The van der Waals surface area contributed by atoms with Crippen molar-refractivity contribution in [3.05, 3.63) is 36.2 Å². The maximum Gasteiger partial charge on any atom is 0.150 e. The number of rotatable bonds is 3. The molecule has 0 amide bonds. The summed E-state index contributed by atoms with van der Waals surface area (Å²) in [4.78, 5) is 4.39. The summed E-state index contributed by atoms with van der Waals surface area (Å²) in [5.74, 6) is 0.498. The van der Waals surface area contributed by atoms with Gasteiger partial charge >= 0.3 is 0 Å². The highest BCUT2D eigenvalue weighted by atomic mass is 35.7. The molecule has 0 fully saturated rings. The second-order valence-electron chi connectivity index (χ2n) is 2.66. The molecule has 0 aliphatic rings. The predicted octanol–water partition coefficient (Wildman–Crippen LogP) is 2.33. The van der Waals surface area contributed by atoms with Crippen molar-refractivity contribution >= 4 is 38.1 Å². The molecular formula is C9H9Cl2N3OS. The quantitative estimate of drug-likeness (QED) is 0.369. The van der Waals surface area contributed by atoms with Gasteiger partial charge in [0.1, 0.15) is 5.84 Å². The highest BCUT2D eigenvalue weighted by Gasteiger charge is 2.06. The Morgan fingerprint density at radius 2 is 2.44 bits per heavy atom. The molecule has 1 heterocycles. The van der Waals surface area contributed by atoms with Crippen molar-refractivity contribution in [2.75, 3.05) is 7.05 Å². The van der Waals surface area contributed by atoms with Crippen molar-refractivity contribution in [3.8, 4) is 0 Å². The van der Waals surface area contributed by atoms with Crippen LogP contribution >= 0.6 is 22.3 Å². The van der Waals surface area contributed by atoms with E-state index < -0.39 is 10.0 Å². The number of aromatic nitrogens is 2. The largest absolute Gasteiger partial charge is 0.270 e. The summed E-state index contributed by atoms with van der Waals surface area (Å²) in [6.45, 7) is 3.52. The lowest BCUT2D eigenvalue weighted by Gasteiger charge is -1.99. The zero-order valence-corrected chi connectivity index (χ0v) is 10.8. The standard InChI is InChI=1S/C9H9Cl2N3OS/c1-3-7(10)4-9(12-2)14-6-8(5-13-14)16(11)15/h3-6H,1H2,2H3/b7-4+,12-9?. The van der Waals surface area contributed by atoms with E-state index in [1.165, 1.54) is 23.2 Å². The summed E-state index contributed by atoms with van der Waals surface area (Å²) in [6, 6.07) is 0. The Kier molecular flexibility index (Phi) is 4.92. The van der Waals surface area contributed by atoms with Crippen LogP contribution in [0.25, 0.3) is 0 Å². The molecule has 0 saturated heterocycles. The zero-order chi connectivity index (χ0) is 12.1. The molecule has 7 heteroatoms. The van der Waals surface area contributed by atoms with Crippen LogP contribution in [0.5, 0.6) is 0 Å². The van der Waals surface area contributed by atoms with Crippen LogP contribution in [0, 0.1) is 0 Å². The van der Waals surface area contributed by atoms with E-state index in [0.717, 1.165) is 0 Å². The first-order valence-electron chi connectivity index (χ1n) is 4.18. The maximum atomic E-state index is 11.0.